The average molecular weight is 626 g/mol. The van der Waals surface area contributed by atoms with Crippen LogP contribution < -0.4 is 23.8 Å². The minimum atomic E-state index is -4.30. The molecule has 0 fully saturated rings. The van der Waals surface area contributed by atoms with Crippen molar-refractivity contribution in [3.05, 3.63) is 77.9 Å². The second-order valence-electron chi connectivity index (χ2n) is 10.2. The van der Waals surface area contributed by atoms with Crippen LogP contribution in [0.1, 0.15) is 44.7 Å². The first kappa shape index (κ1) is 34.2. The molecule has 1 N–H and O–H groups in total. The third kappa shape index (κ3) is 8.43. The van der Waals surface area contributed by atoms with Crippen LogP contribution in [0.2, 0.25) is 0 Å². The lowest BCUT2D eigenvalue weighted by Crippen LogP contribution is -2.51. The number of anilines is 1. The number of hydrogen-bond donors (Lipinski definition) is 1. The zero-order valence-electron chi connectivity index (χ0n) is 26.3. The van der Waals surface area contributed by atoms with E-state index in [1.807, 2.05) is 45.0 Å². The third-order valence-corrected chi connectivity index (χ3v) is 9.03. The molecule has 0 bridgehead atoms. The third-order valence-electron chi connectivity index (χ3n) is 7.26. The van der Waals surface area contributed by atoms with Gasteiger partial charge in [-0.1, -0.05) is 37.6 Å². The van der Waals surface area contributed by atoms with Gasteiger partial charge in [-0.15, -0.1) is 0 Å². The number of nitrogens with zero attached hydrogens (tertiary/aromatic N) is 2. The highest BCUT2D eigenvalue weighted by Gasteiger charge is 2.33. The smallest absolute Gasteiger partial charge is 0.264 e. The van der Waals surface area contributed by atoms with Crippen LogP contribution in [0.4, 0.5) is 5.69 Å². The van der Waals surface area contributed by atoms with E-state index in [0.717, 1.165) is 28.3 Å². The van der Waals surface area contributed by atoms with Crippen molar-refractivity contribution in [3.63, 3.8) is 0 Å². The molecule has 3 rings (SSSR count). The Morgan fingerprint density at radius 1 is 0.932 bits per heavy atom. The lowest BCUT2D eigenvalue weighted by atomic mass is 10.1. The van der Waals surface area contributed by atoms with E-state index in [2.05, 4.69) is 5.32 Å². The highest BCUT2D eigenvalue weighted by molar-refractivity contribution is 7.92. The molecule has 0 saturated carbocycles. The van der Waals surface area contributed by atoms with E-state index in [9.17, 15) is 18.0 Å². The molecule has 3 aromatic carbocycles. The Morgan fingerprint density at radius 2 is 1.61 bits per heavy atom. The predicted octanol–water partition coefficient (Wildman–Crippen LogP) is 4.94. The number of unbranched alkanes of at least 4 members (excludes halogenated alkanes) is 1. The SMILES string of the molecule is CCCCNC(=O)[C@@H](C)N(Cc1ccccc1C)C(=O)CN(c1ccc(OCC)cc1)S(=O)(=O)c1ccc(OC)c(OC)c1. The number of amides is 2. The molecule has 0 saturated heterocycles. The molecule has 238 valence electrons. The summed E-state index contributed by atoms with van der Waals surface area (Å²) < 4.78 is 45.6. The van der Waals surface area contributed by atoms with Gasteiger partial charge in [0.25, 0.3) is 10.0 Å². The molecule has 11 heteroatoms. The summed E-state index contributed by atoms with van der Waals surface area (Å²) in [6.45, 7) is 7.96. The molecule has 0 aliphatic heterocycles. The summed E-state index contributed by atoms with van der Waals surface area (Å²) >= 11 is 0. The normalized spacial score (nSPS) is 11.8. The molecule has 0 aliphatic rings. The predicted molar refractivity (Wildman–Crippen MR) is 171 cm³/mol. The van der Waals surface area contributed by atoms with Crippen molar-refractivity contribution in [1.29, 1.82) is 0 Å². The molecule has 0 aromatic heterocycles. The van der Waals surface area contributed by atoms with Gasteiger partial charge in [0, 0.05) is 19.2 Å². The fraction of sp³-hybridized carbons (Fsp3) is 0.394. The van der Waals surface area contributed by atoms with Gasteiger partial charge in [0.1, 0.15) is 18.3 Å². The largest absolute Gasteiger partial charge is 0.494 e. The second kappa shape index (κ2) is 16.0. The van der Waals surface area contributed by atoms with Crippen LogP contribution in [-0.2, 0) is 26.2 Å². The fourth-order valence-corrected chi connectivity index (χ4v) is 6.03. The van der Waals surface area contributed by atoms with Crippen LogP contribution >= 0.6 is 0 Å². The Bertz CT molecular complexity index is 1510. The van der Waals surface area contributed by atoms with Crippen LogP contribution in [0.25, 0.3) is 0 Å². The number of aryl methyl sites for hydroxylation is 1. The van der Waals surface area contributed by atoms with E-state index >= 15 is 0 Å². The molecule has 0 aliphatic carbocycles. The average Bonchev–Trinajstić information content (AvgIpc) is 3.03. The molecule has 0 heterocycles. The summed E-state index contributed by atoms with van der Waals surface area (Å²) in [7, 11) is -1.43. The number of ether oxygens (including phenoxy) is 3. The monoisotopic (exact) mass is 625 g/mol. The van der Waals surface area contributed by atoms with Crippen LogP contribution in [0, 0.1) is 6.92 Å². The molecule has 0 spiro atoms. The zero-order valence-corrected chi connectivity index (χ0v) is 27.1. The van der Waals surface area contributed by atoms with Gasteiger partial charge in [0.2, 0.25) is 11.8 Å². The lowest BCUT2D eigenvalue weighted by molar-refractivity contribution is -0.139. The van der Waals surface area contributed by atoms with Crippen LogP contribution in [0.5, 0.6) is 17.2 Å². The van der Waals surface area contributed by atoms with Crippen molar-refractivity contribution in [2.75, 3.05) is 38.2 Å². The number of carbonyl (C=O) groups excluding carboxylic acids is 2. The molecule has 0 radical (unpaired) electrons. The van der Waals surface area contributed by atoms with Gasteiger partial charge >= 0.3 is 0 Å². The van der Waals surface area contributed by atoms with Gasteiger partial charge in [-0.3, -0.25) is 13.9 Å². The Morgan fingerprint density at radius 3 is 2.23 bits per heavy atom. The minimum absolute atomic E-state index is 0.0901. The van der Waals surface area contributed by atoms with Gasteiger partial charge in [-0.05, 0) is 74.7 Å². The highest BCUT2D eigenvalue weighted by atomic mass is 32.2. The van der Waals surface area contributed by atoms with E-state index in [4.69, 9.17) is 14.2 Å². The summed E-state index contributed by atoms with van der Waals surface area (Å²) in [6, 6.07) is 17.4. The summed E-state index contributed by atoms with van der Waals surface area (Å²) in [5.74, 6) is 0.303. The Hall–Kier alpha value is -4.25. The van der Waals surface area contributed by atoms with E-state index in [0.29, 0.717) is 24.7 Å². The Balaban J connectivity index is 2.07. The molecule has 1 atom stereocenters. The van der Waals surface area contributed by atoms with Crippen molar-refractivity contribution in [2.45, 2.75) is 58.0 Å². The van der Waals surface area contributed by atoms with Gasteiger partial charge in [0.15, 0.2) is 11.5 Å². The van der Waals surface area contributed by atoms with Gasteiger partial charge in [-0.25, -0.2) is 8.42 Å². The maximum absolute atomic E-state index is 14.2. The summed E-state index contributed by atoms with van der Waals surface area (Å²) in [6.07, 6.45) is 1.71. The minimum Gasteiger partial charge on any atom is -0.494 e. The Labute approximate surface area is 261 Å². The summed E-state index contributed by atoms with van der Waals surface area (Å²) in [4.78, 5) is 28.7. The summed E-state index contributed by atoms with van der Waals surface area (Å²) in [5, 5.41) is 2.90. The number of rotatable bonds is 16. The van der Waals surface area contributed by atoms with Crippen LogP contribution in [-0.4, -0.2) is 65.1 Å². The highest BCUT2D eigenvalue weighted by Crippen LogP contribution is 2.33. The molecule has 10 nitrogen and oxygen atoms in total. The first-order chi connectivity index (χ1) is 21.1. The number of nitrogens with one attached hydrogen (secondary N) is 1. The number of benzene rings is 3. The molecular weight excluding hydrogens is 582 g/mol. The standard InChI is InChI=1S/C33H43N3O7S/c1-7-9-20-34-33(38)25(4)35(22-26-13-11-10-12-24(26)3)32(37)23-36(27-14-16-28(17-15-27)43-8-2)44(39,40)29-18-19-30(41-5)31(21-29)42-6/h10-19,21,25H,7-9,20,22-23H2,1-6H3,(H,34,38)/t25-/m1/s1. The Kier molecular flexibility index (Phi) is 12.5. The second-order valence-corrected chi connectivity index (χ2v) is 12.1. The first-order valence-corrected chi connectivity index (χ1v) is 16.1. The molecule has 0 unspecified atom stereocenters. The van der Waals surface area contributed by atoms with Crippen molar-refractivity contribution < 1.29 is 32.2 Å². The van der Waals surface area contributed by atoms with E-state index < -0.39 is 28.5 Å². The topological polar surface area (TPSA) is 114 Å². The molecule has 2 amide bonds. The first-order valence-electron chi connectivity index (χ1n) is 14.7. The number of carbonyl (C=O) groups is 2. The van der Waals surface area contributed by atoms with Gasteiger partial charge in [0.05, 0.1) is 31.4 Å². The van der Waals surface area contributed by atoms with Crippen LogP contribution in [0.3, 0.4) is 0 Å². The quantitative estimate of drug-likeness (QED) is 0.224. The zero-order chi connectivity index (χ0) is 32.3. The lowest BCUT2D eigenvalue weighted by Gasteiger charge is -2.32. The summed E-state index contributed by atoms with van der Waals surface area (Å²) in [5.41, 5.74) is 2.06. The maximum Gasteiger partial charge on any atom is 0.264 e. The van der Waals surface area contributed by atoms with Crippen molar-refractivity contribution in [3.8, 4) is 17.2 Å². The van der Waals surface area contributed by atoms with Crippen molar-refractivity contribution >= 4 is 27.5 Å². The van der Waals surface area contributed by atoms with Gasteiger partial charge < -0.3 is 24.4 Å². The fourth-order valence-electron chi connectivity index (χ4n) is 4.60. The molecule has 44 heavy (non-hydrogen) atoms. The van der Waals surface area contributed by atoms with E-state index in [1.54, 1.807) is 31.2 Å². The number of sulfonamides is 1. The van der Waals surface area contributed by atoms with E-state index in [1.165, 1.54) is 37.3 Å². The van der Waals surface area contributed by atoms with Gasteiger partial charge in [-0.2, -0.15) is 0 Å². The van der Waals surface area contributed by atoms with Crippen LogP contribution in [0.15, 0.2) is 71.6 Å². The maximum atomic E-state index is 14.2. The number of methoxy groups -OCH3 is 2. The van der Waals surface area contributed by atoms with Crippen molar-refractivity contribution in [2.24, 2.45) is 0 Å². The van der Waals surface area contributed by atoms with E-state index in [-0.39, 0.29) is 28.8 Å². The molecule has 3 aromatic rings. The van der Waals surface area contributed by atoms with Crippen molar-refractivity contribution in [1.82, 2.24) is 10.2 Å². The number of hydrogen-bond acceptors (Lipinski definition) is 7. The molecular formula is C33H43N3O7S.